The zero-order valence-corrected chi connectivity index (χ0v) is 12.6. The molecule has 1 saturated carbocycles. The third-order valence-electron chi connectivity index (χ3n) is 5.40. The van der Waals surface area contributed by atoms with E-state index in [-0.39, 0.29) is 41.2 Å². The topological polar surface area (TPSA) is 80.5 Å². The van der Waals surface area contributed by atoms with Gasteiger partial charge in [-0.1, -0.05) is 18.2 Å². The van der Waals surface area contributed by atoms with Crippen molar-refractivity contribution in [2.24, 2.45) is 23.7 Å². The van der Waals surface area contributed by atoms with Gasteiger partial charge in [0.1, 0.15) is 0 Å². The summed E-state index contributed by atoms with van der Waals surface area (Å²) < 4.78 is 0. The van der Waals surface area contributed by atoms with Gasteiger partial charge >= 0.3 is 0 Å². The molecule has 6 heteroatoms. The van der Waals surface area contributed by atoms with Gasteiger partial charge in [-0.05, 0) is 37.2 Å². The van der Waals surface area contributed by atoms with E-state index in [9.17, 15) is 19.7 Å². The monoisotopic (exact) mass is 312 g/mol. The molecule has 0 unspecified atom stereocenters. The maximum absolute atomic E-state index is 12.9. The van der Waals surface area contributed by atoms with Gasteiger partial charge in [-0.2, -0.15) is 0 Å². The standard InChI is InChI=1S/C17H16N2O4/c1-9-2-7-12(19(22)23)8-13(9)18-16(20)14-10-3-4-11(6-5-10)15(14)17(18)21/h2-4,7-8,10-11,14-15H,5-6H2,1H3/t10-,11-,14-,15-/m1/s1. The largest absolute Gasteiger partial charge is 0.274 e. The summed E-state index contributed by atoms with van der Waals surface area (Å²) in [6.45, 7) is 1.76. The van der Waals surface area contributed by atoms with Crippen LogP contribution in [0.25, 0.3) is 0 Å². The molecule has 1 saturated heterocycles. The number of nitro benzene ring substituents is 1. The number of imide groups is 1. The molecule has 1 heterocycles. The quantitative estimate of drug-likeness (QED) is 0.364. The van der Waals surface area contributed by atoms with Crippen LogP contribution >= 0.6 is 0 Å². The number of hydrogen-bond acceptors (Lipinski definition) is 4. The molecule has 4 aliphatic rings. The van der Waals surface area contributed by atoms with Gasteiger partial charge in [0.05, 0.1) is 22.4 Å². The Kier molecular flexibility index (Phi) is 2.91. The molecule has 0 aromatic heterocycles. The average Bonchev–Trinajstić information content (AvgIpc) is 2.83. The number of allylic oxidation sites excluding steroid dienone is 2. The molecule has 118 valence electrons. The van der Waals surface area contributed by atoms with Gasteiger partial charge in [-0.3, -0.25) is 19.7 Å². The molecule has 2 bridgehead atoms. The Balaban J connectivity index is 1.79. The number of fused-ring (bicyclic) bond motifs is 1. The summed E-state index contributed by atoms with van der Waals surface area (Å²) in [5.41, 5.74) is 0.932. The molecule has 4 atom stereocenters. The molecule has 6 nitrogen and oxygen atoms in total. The van der Waals surface area contributed by atoms with Gasteiger partial charge in [0, 0.05) is 12.1 Å². The molecular formula is C17H16N2O4. The molecule has 0 spiro atoms. The van der Waals surface area contributed by atoms with Gasteiger partial charge in [0.2, 0.25) is 11.8 Å². The number of hydrogen-bond donors (Lipinski definition) is 0. The van der Waals surface area contributed by atoms with Gasteiger partial charge in [-0.25, -0.2) is 4.90 Å². The van der Waals surface area contributed by atoms with Crippen LogP contribution in [0.5, 0.6) is 0 Å². The lowest BCUT2D eigenvalue weighted by Gasteiger charge is -2.38. The van der Waals surface area contributed by atoms with E-state index in [1.807, 2.05) is 0 Å². The maximum Gasteiger partial charge on any atom is 0.271 e. The van der Waals surface area contributed by atoms with Crippen molar-refractivity contribution in [2.45, 2.75) is 19.8 Å². The summed E-state index contributed by atoms with van der Waals surface area (Å²) >= 11 is 0. The van der Waals surface area contributed by atoms with Crippen molar-refractivity contribution in [1.82, 2.24) is 0 Å². The van der Waals surface area contributed by atoms with E-state index in [0.29, 0.717) is 11.3 Å². The van der Waals surface area contributed by atoms with Crippen molar-refractivity contribution < 1.29 is 14.5 Å². The van der Waals surface area contributed by atoms with E-state index in [4.69, 9.17) is 0 Å². The number of carbonyl (C=O) groups excluding carboxylic acids is 2. The van der Waals surface area contributed by atoms with E-state index in [1.54, 1.807) is 13.0 Å². The highest BCUT2D eigenvalue weighted by atomic mass is 16.6. The Hall–Kier alpha value is -2.50. The number of amides is 2. The van der Waals surface area contributed by atoms with Crippen LogP contribution in [0.2, 0.25) is 0 Å². The first-order valence-corrected chi connectivity index (χ1v) is 7.80. The van der Waals surface area contributed by atoms with Gasteiger partial charge in [0.15, 0.2) is 0 Å². The van der Waals surface area contributed by atoms with Crippen LogP contribution in [-0.4, -0.2) is 16.7 Å². The second-order valence-corrected chi connectivity index (χ2v) is 6.58. The number of anilines is 1. The van der Waals surface area contributed by atoms with Crippen LogP contribution in [0.15, 0.2) is 30.4 Å². The molecule has 0 N–H and O–H groups in total. The minimum Gasteiger partial charge on any atom is -0.274 e. The van der Waals surface area contributed by atoms with E-state index < -0.39 is 4.92 Å². The van der Waals surface area contributed by atoms with Crippen molar-refractivity contribution in [3.63, 3.8) is 0 Å². The maximum atomic E-state index is 12.9. The van der Waals surface area contributed by atoms with Gasteiger partial charge in [-0.15, -0.1) is 0 Å². The lowest BCUT2D eigenvalue weighted by Crippen LogP contribution is -2.38. The molecule has 3 aliphatic carbocycles. The number of carbonyl (C=O) groups is 2. The Bertz CT molecular complexity index is 738. The molecular weight excluding hydrogens is 296 g/mol. The van der Waals surface area contributed by atoms with Crippen LogP contribution in [0.3, 0.4) is 0 Å². The van der Waals surface area contributed by atoms with Crippen LogP contribution in [0, 0.1) is 40.7 Å². The highest BCUT2D eigenvalue weighted by Crippen LogP contribution is 2.50. The van der Waals surface area contributed by atoms with Crippen molar-refractivity contribution in [2.75, 3.05) is 4.90 Å². The molecule has 2 fully saturated rings. The number of nitrogens with zero attached hydrogens (tertiary/aromatic N) is 2. The van der Waals surface area contributed by atoms with Crippen LogP contribution < -0.4 is 4.90 Å². The molecule has 2 amide bonds. The first kappa shape index (κ1) is 14.1. The predicted molar refractivity (Wildman–Crippen MR) is 82.7 cm³/mol. The Morgan fingerprint density at radius 2 is 1.65 bits per heavy atom. The van der Waals surface area contributed by atoms with Crippen LogP contribution in [0.1, 0.15) is 18.4 Å². The second kappa shape index (κ2) is 4.75. The first-order chi connectivity index (χ1) is 11.0. The Morgan fingerprint density at radius 3 is 2.13 bits per heavy atom. The number of rotatable bonds is 2. The van der Waals surface area contributed by atoms with Gasteiger partial charge < -0.3 is 0 Å². The lowest BCUT2D eigenvalue weighted by atomic mass is 9.63. The average molecular weight is 312 g/mol. The molecule has 1 aromatic carbocycles. The normalized spacial score (nSPS) is 31.6. The fourth-order valence-corrected chi connectivity index (χ4v) is 4.26. The summed E-state index contributed by atoms with van der Waals surface area (Å²) in [7, 11) is 0. The summed E-state index contributed by atoms with van der Waals surface area (Å²) in [5, 5.41) is 11.0. The second-order valence-electron chi connectivity index (χ2n) is 6.58. The molecule has 23 heavy (non-hydrogen) atoms. The fraction of sp³-hybridized carbons (Fsp3) is 0.412. The summed E-state index contributed by atoms with van der Waals surface area (Å²) in [6, 6.07) is 4.31. The highest BCUT2D eigenvalue weighted by Gasteiger charge is 2.57. The number of non-ortho nitro benzene ring substituents is 1. The minimum atomic E-state index is -0.508. The van der Waals surface area contributed by atoms with E-state index in [0.717, 1.165) is 12.8 Å². The molecule has 1 aromatic rings. The Morgan fingerprint density at radius 1 is 1.09 bits per heavy atom. The zero-order chi connectivity index (χ0) is 16.3. The smallest absolute Gasteiger partial charge is 0.271 e. The SMILES string of the molecule is Cc1ccc([N+](=O)[O-])cc1N1C(=O)[C@H]2[C@H](C1=O)[C@@H]1C=C[C@@H]2CC1. The van der Waals surface area contributed by atoms with E-state index in [2.05, 4.69) is 12.2 Å². The van der Waals surface area contributed by atoms with Crippen LogP contribution in [0.4, 0.5) is 11.4 Å². The molecule has 0 radical (unpaired) electrons. The number of aryl methyl sites for hydroxylation is 1. The Labute approximate surface area is 132 Å². The molecule has 1 aliphatic heterocycles. The zero-order valence-electron chi connectivity index (χ0n) is 12.6. The third-order valence-corrected chi connectivity index (χ3v) is 5.40. The minimum absolute atomic E-state index is 0.109. The summed E-state index contributed by atoms with van der Waals surface area (Å²) in [4.78, 5) is 37.4. The van der Waals surface area contributed by atoms with Crippen molar-refractivity contribution >= 4 is 23.2 Å². The molecule has 5 rings (SSSR count). The van der Waals surface area contributed by atoms with Crippen molar-refractivity contribution in [1.29, 1.82) is 0 Å². The predicted octanol–water partition coefficient (Wildman–Crippen LogP) is 2.60. The van der Waals surface area contributed by atoms with E-state index >= 15 is 0 Å². The van der Waals surface area contributed by atoms with E-state index in [1.165, 1.54) is 17.0 Å². The lowest BCUT2D eigenvalue weighted by molar-refractivity contribution is -0.384. The summed E-state index contributed by atoms with van der Waals surface area (Å²) in [6.07, 6.45) is 5.99. The van der Waals surface area contributed by atoms with Crippen molar-refractivity contribution in [3.8, 4) is 0 Å². The van der Waals surface area contributed by atoms with Gasteiger partial charge in [0.25, 0.3) is 5.69 Å². The fourth-order valence-electron chi connectivity index (χ4n) is 4.26. The first-order valence-electron chi connectivity index (χ1n) is 7.80. The number of benzene rings is 1. The third kappa shape index (κ3) is 1.87. The number of nitro groups is 1. The highest BCUT2D eigenvalue weighted by molar-refractivity contribution is 6.23. The van der Waals surface area contributed by atoms with Crippen LogP contribution in [-0.2, 0) is 9.59 Å². The summed E-state index contributed by atoms with van der Waals surface area (Å²) in [5.74, 6) is -0.781. The van der Waals surface area contributed by atoms with Crippen molar-refractivity contribution in [3.05, 3.63) is 46.0 Å².